The van der Waals surface area contributed by atoms with Crippen molar-refractivity contribution in [3.05, 3.63) is 111 Å². The second-order valence-electron chi connectivity index (χ2n) is 11.6. The van der Waals surface area contributed by atoms with Gasteiger partial charge in [-0.1, -0.05) is 53.5 Å². The lowest BCUT2D eigenvalue weighted by molar-refractivity contribution is -0.128. The number of rotatable bonds is 8. The number of nitrogens with one attached hydrogen (secondary N) is 2. The van der Waals surface area contributed by atoms with E-state index in [9.17, 15) is 14.7 Å². The van der Waals surface area contributed by atoms with Gasteiger partial charge in [0.1, 0.15) is 22.8 Å². The van der Waals surface area contributed by atoms with Gasteiger partial charge in [0, 0.05) is 59.5 Å². The first-order valence-corrected chi connectivity index (χ1v) is 15.5. The van der Waals surface area contributed by atoms with Crippen LogP contribution in [0.25, 0.3) is 0 Å². The van der Waals surface area contributed by atoms with Crippen molar-refractivity contribution in [2.24, 2.45) is 0 Å². The number of aromatic nitrogens is 2. The molecule has 3 aliphatic rings. The number of carboxylic acids is 1. The normalized spacial score (nSPS) is 24.2. The summed E-state index contributed by atoms with van der Waals surface area (Å²) in [6.07, 6.45) is 2.17. The van der Waals surface area contributed by atoms with Crippen LogP contribution in [0, 0.1) is 5.82 Å². The third kappa shape index (κ3) is 4.70. The largest absolute Gasteiger partial charge is 0.494 e. The number of amides is 1. The van der Waals surface area contributed by atoms with E-state index < -0.39 is 29.3 Å². The van der Waals surface area contributed by atoms with Gasteiger partial charge in [-0.2, -0.15) is 5.10 Å². The third-order valence-electron chi connectivity index (χ3n) is 9.34. The lowest BCUT2D eigenvalue weighted by atomic mass is 9.73. The van der Waals surface area contributed by atoms with Crippen molar-refractivity contribution in [3.63, 3.8) is 0 Å². The molecular formula is C33H30Cl2FN5O4. The molecule has 45 heavy (non-hydrogen) atoms. The Morgan fingerprint density at radius 1 is 1.16 bits per heavy atom. The van der Waals surface area contributed by atoms with Crippen molar-refractivity contribution in [2.45, 2.75) is 50.0 Å². The molecule has 0 aliphatic carbocycles. The van der Waals surface area contributed by atoms with E-state index in [1.54, 1.807) is 24.3 Å². The van der Waals surface area contributed by atoms with E-state index in [0.717, 1.165) is 11.3 Å². The number of benzene rings is 3. The van der Waals surface area contributed by atoms with E-state index in [1.165, 1.54) is 12.3 Å². The molecule has 1 aromatic heterocycles. The predicted octanol–water partition coefficient (Wildman–Crippen LogP) is 6.04. The smallest absolute Gasteiger partial charge is 0.354 e. The minimum absolute atomic E-state index is 0.000150. The Hall–Kier alpha value is -3.96. The van der Waals surface area contributed by atoms with Crippen molar-refractivity contribution in [1.29, 1.82) is 0 Å². The van der Waals surface area contributed by atoms with Gasteiger partial charge in [-0.3, -0.25) is 19.7 Å². The number of aromatic amines is 1. The van der Waals surface area contributed by atoms with Gasteiger partial charge in [0.2, 0.25) is 5.91 Å². The summed E-state index contributed by atoms with van der Waals surface area (Å²) >= 11 is 12.8. The van der Waals surface area contributed by atoms with Crippen molar-refractivity contribution in [2.75, 3.05) is 18.5 Å². The van der Waals surface area contributed by atoms with Gasteiger partial charge < -0.3 is 15.2 Å². The van der Waals surface area contributed by atoms with E-state index in [2.05, 4.69) is 25.3 Å². The first-order chi connectivity index (χ1) is 21.7. The average molecular weight is 651 g/mol. The standard InChI is InChI=1S/C33H30Cl2FN5O4/c1-2-45-21-6-3-5-18(13-21)16-41-26-11-12-40(17-19-15-37-39-29(19)31(42)43)30(26)27(22-7-4-8-24(35)28(22)36)33(41)23-10-9-20(34)14-25(23)38-32(33)44/h3-10,13-15,26-27,30H,2,11-12,16-17H2,1H3,(H,37,39)(H,38,44)(H,42,43)/t26-,27-,30+,33+/m0/s1. The Morgan fingerprint density at radius 2 is 1.98 bits per heavy atom. The van der Waals surface area contributed by atoms with E-state index in [-0.39, 0.29) is 29.2 Å². The number of hydrogen-bond acceptors (Lipinski definition) is 6. The SMILES string of the molecule is CCOc1cccc(CN2[C@H]3CCN(Cc4cn[nH]c4C(=O)O)[C@H]3[C@H](c3cccc(Cl)c3F)[C@]23C(=O)Nc2cc(Cl)ccc23)c1. The third-order valence-corrected chi connectivity index (χ3v) is 9.87. The summed E-state index contributed by atoms with van der Waals surface area (Å²) in [4.78, 5) is 30.9. The Bertz CT molecular complexity index is 1820. The van der Waals surface area contributed by atoms with Crippen molar-refractivity contribution >= 4 is 40.8 Å². The zero-order valence-corrected chi connectivity index (χ0v) is 25.8. The molecule has 3 N–H and O–H groups in total. The van der Waals surface area contributed by atoms with Crippen LogP contribution in [-0.4, -0.2) is 62.2 Å². The molecule has 0 saturated carbocycles. The van der Waals surface area contributed by atoms with Crippen LogP contribution in [0.3, 0.4) is 0 Å². The maximum Gasteiger partial charge on any atom is 0.354 e. The Kier molecular flexibility index (Phi) is 7.56. The average Bonchev–Trinajstić information content (AvgIpc) is 3.76. The maximum absolute atomic E-state index is 16.2. The number of likely N-dealkylation sites (tertiary alicyclic amines) is 2. The summed E-state index contributed by atoms with van der Waals surface area (Å²) in [7, 11) is 0. The van der Waals surface area contributed by atoms with Crippen molar-refractivity contribution in [1.82, 2.24) is 20.0 Å². The summed E-state index contributed by atoms with van der Waals surface area (Å²) in [5.74, 6) is -1.99. The molecule has 232 valence electrons. The number of anilines is 1. The van der Waals surface area contributed by atoms with Gasteiger partial charge in [0.05, 0.1) is 17.8 Å². The molecule has 0 bridgehead atoms. The van der Waals surface area contributed by atoms with Gasteiger partial charge in [-0.25, -0.2) is 9.18 Å². The van der Waals surface area contributed by atoms with Gasteiger partial charge in [-0.05, 0) is 54.8 Å². The van der Waals surface area contributed by atoms with E-state index >= 15 is 4.39 Å². The first kappa shape index (κ1) is 29.7. The van der Waals surface area contributed by atoms with Gasteiger partial charge >= 0.3 is 5.97 Å². The van der Waals surface area contributed by atoms with Gasteiger partial charge in [-0.15, -0.1) is 0 Å². The molecule has 0 radical (unpaired) electrons. The Balaban J connectivity index is 1.44. The molecule has 12 heteroatoms. The van der Waals surface area contributed by atoms with Crippen LogP contribution in [0.15, 0.2) is 66.9 Å². The van der Waals surface area contributed by atoms with Crippen LogP contribution in [0.4, 0.5) is 10.1 Å². The number of nitrogens with zero attached hydrogens (tertiary/aromatic N) is 3. The highest BCUT2D eigenvalue weighted by Crippen LogP contribution is 2.61. The molecule has 1 amide bonds. The number of ether oxygens (including phenoxy) is 1. The zero-order valence-electron chi connectivity index (χ0n) is 24.3. The lowest BCUT2D eigenvalue weighted by Gasteiger charge is -2.41. The molecule has 3 aliphatic heterocycles. The fourth-order valence-electron chi connectivity index (χ4n) is 7.74. The van der Waals surface area contributed by atoms with Gasteiger partial charge in [0.25, 0.3) is 0 Å². The van der Waals surface area contributed by atoms with Crippen LogP contribution in [0.5, 0.6) is 5.75 Å². The molecule has 0 unspecified atom stereocenters. The fourth-order valence-corrected chi connectivity index (χ4v) is 8.09. The van der Waals surface area contributed by atoms with E-state index in [1.807, 2.05) is 37.3 Å². The molecule has 4 atom stereocenters. The molecule has 1 spiro atoms. The van der Waals surface area contributed by atoms with E-state index in [0.29, 0.717) is 53.5 Å². The van der Waals surface area contributed by atoms with Crippen LogP contribution in [0.2, 0.25) is 10.0 Å². The van der Waals surface area contributed by atoms with Crippen molar-refractivity contribution in [3.8, 4) is 5.75 Å². The van der Waals surface area contributed by atoms with Gasteiger partial charge in [0.15, 0.2) is 0 Å². The highest BCUT2D eigenvalue weighted by atomic mass is 35.5. The minimum Gasteiger partial charge on any atom is -0.494 e. The predicted molar refractivity (Wildman–Crippen MR) is 167 cm³/mol. The van der Waals surface area contributed by atoms with Crippen LogP contribution >= 0.6 is 23.2 Å². The molecule has 4 heterocycles. The number of carbonyl (C=O) groups is 2. The number of halogens is 3. The number of carboxylic acid groups (broad SMARTS) is 1. The quantitative estimate of drug-likeness (QED) is 0.213. The van der Waals surface area contributed by atoms with Crippen LogP contribution in [0.1, 0.15) is 52.0 Å². The molecular weight excluding hydrogens is 620 g/mol. The second kappa shape index (κ2) is 11.4. The molecule has 3 aromatic carbocycles. The Morgan fingerprint density at radius 3 is 2.78 bits per heavy atom. The first-order valence-electron chi connectivity index (χ1n) is 14.8. The second-order valence-corrected chi connectivity index (χ2v) is 12.5. The van der Waals surface area contributed by atoms with Crippen molar-refractivity contribution < 1.29 is 23.8 Å². The van der Waals surface area contributed by atoms with Crippen LogP contribution in [-0.2, 0) is 23.4 Å². The summed E-state index contributed by atoms with van der Waals surface area (Å²) in [5.41, 5.74) is 1.69. The summed E-state index contributed by atoms with van der Waals surface area (Å²) in [6, 6.07) is 17.4. The zero-order chi connectivity index (χ0) is 31.5. The molecule has 9 nitrogen and oxygen atoms in total. The number of aromatic carboxylic acids is 1. The maximum atomic E-state index is 16.2. The monoisotopic (exact) mass is 649 g/mol. The molecule has 7 rings (SSSR count). The summed E-state index contributed by atoms with van der Waals surface area (Å²) in [6.45, 7) is 3.65. The highest BCUT2D eigenvalue weighted by Gasteiger charge is 2.69. The fraction of sp³-hybridized carbons (Fsp3) is 0.303. The molecule has 2 saturated heterocycles. The number of fused-ring (bicyclic) bond motifs is 3. The Labute approximate surface area is 268 Å². The number of H-pyrrole nitrogens is 1. The number of hydrogen-bond donors (Lipinski definition) is 3. The number of carbonyl (C=O) groups excluding carboxylic acids is 1. The highest BCUT2D eigenvalue weighted by molar-refractivity contribution is 6.31. The van der Waals surface area contributed by atoms with E-state index in [4.69, 9.17) is 27.9 Å². The minimum atomic E-state index is -1.34. The summed E-state index contributed by atoms with van der Waals surface area (Å²) in [5, 5.41) is 19.8. The van der Waals surface area contributed by atoms with Crippen LogP contribution < -0.4 is 10.1 Å². The molecule has 4 aromatic rings. The summed E-state index contributed by atoms with van der Waals surface area (Å²) < 4.78 is 22.0. The lowest BCUT2D eigenvalue weighted by Crippen LogP contribution is -2.52. The topological polar surface area (TPSA) is 111 Å². The molecule has 2 fully saturated rings.